The highest BCUT2D eigenvalue weighted by Crippen LogP contribution is 2.27. The van der Waals surface area contributed by atoms with E-state index in [9.17, 15) is 4.21 Å². The summed E-state index contributed by atoms with van der Waals surface area (Å²) in [5, 5.41) is 4.06. The van der Waals surface area contributed by atoms with Crippen molar-refractivity contribution < 1.29 is 4.21 Å². The van der Waals surface area contributed by atoms with Gasteiger partial charge in [0.25, 0.3) is 0 Å². The molecule has 14 heavy (non-hydrogen) atoms. The molecule has 4 unspecified atom stereocenters. The Labute approximate surface area is 90.3 Å². The molecule has 1 aliphatic carbocycles. The van der Waals surface area contributed by atoms with Crippen LogP contribution in [0.25, 0.3) is 0 Å². The van der Waals surface area contributed by atoms with Crippen molar-refractivity contribution in [3.63, 3.8) is 0 Å². The van der Waals surface area contributed by atoms with Crippen molar-refractivity contribution in [3.8, 4) is 0 Å². The van der Waals surface area contributed by atoms with E-state index in [4.69, 9.17) is 0 Å². The van der Waals surface area contributed by atoms with Crippen molar-refractivity contribution in [1.82, 2.24) is 5.32 Å². The molecule has 84 valence electrons. The van der Waals surface area contributed by atoms with Crippen LogP contribution < -0.4 is 5.32 Å². The summed E-state index contributed by atoms with van der Waals surface area (Å²) in [6, 6.07) is 0.600. The maximum atomic E-state index is 12.1. The van der Waals surface area contributed by atoms with E-state index in [1.807, 2.05) is 7.05 Å². The number of nitrogens with one attached hydrogen (secondary N) is 1. The zero-order valence-electron chi connectivity index (χ0n) is 9.75. The van der Waals surface area contributed by atoms with Crippen molar-refractivity contribution in [2.24, 2.45) is 5.92 Å². The van der Waals surface area contributed by atoms with Crippen molar-refractivity contribution in [3.05, 3.63) is 0 Å². The van der Waals surface area contributed by atoms with Crippen LogP contribution in [0.4, 0.5) is 0 Å². The van der Waals surface area contributed by atoms with Crippen LogP contribution in [-0.4, -0.2) is 27.8 Å². The monoisotopic (exact) mass is 217 g/mol. The van der Waals surface area contributed by atoms with E-state index >= 15 is 0 Å². The van der Waals surface area contributed by atoms with Crippen LogP contribution in [-0.2, 0) is 10.8 Å². The molecule has 1 saturated carbocycles. The van der Waals surface area contributed by atoms with Crippen LogP contribution in [0.1, 0.15) is 40.0 Å². The summed E-state index contributed by atoms with van der Waals surface area (Å²) < 4.78 is 12.1. The Morgan fingerprint density at radius 1 is 1.29 bits per heavy atom. The summed E-state index contributed by atoms with van der Waals surface area (Å²) in [5.74, 6) is 0.532. The Balaban J connectivity index is 2.47. The Morgan fingerprint density at radius 2 is 1.93 bits per heavy atom. The molecule has 0 spiro atoms. The van der Waals surface area contributed by atoms with Gasteiger partial charge >= 0.3 is 0 Å². The standard InChI is InChI=1S/C11H23NOS/c1-8(2)9(3)14(13)11-6-5-10(7-11)12-4/h8-12H,5-7H2,1-4H3. The first-order valence-electron chi connectivity index (χ1n) is 5.63. The molecule has 0 aromatic carbocycles. The van der Waals surface area contributed by atoms with Gasteiger partial charge in [0.2, 0.25) is 0 Å². The van der Waals surface area contributed by atoms with Gasteiger partial charge in [-0.1, -0.05) is 20.8 Å². The van der Waals surface area contributed by atoms with E-state index in [2.05, 4.69) is 26.1 Å². The zero-order valence-corrected chi connectivity index (χ0v) is 10.6. The fourth-order valence-corrected chi connectivity index (χ4v) is 3.92. The van der Waals surface area contributed by atoms with Crippen LogP contribution in [0, 0.1) is 5.92 Å². The molecule has 1 fully saturated rings. The molecule has 0 radical (unpaired) electrons. The van der Waals surface area contributed by atoms with E-state index in [1.54, 1.807) is 0 Å². The number of hydrogen-bond donors (Lipinski definition) is 1. The van der Waals surface area contributed by atoms with Crippen molar-refractivity contribution >= 4 is 10.8 Å². The topological polar surface area (TPSA) is 29.1 Å². The second-order valence-corrected chi connectivity index (χ2v) is 6.77. The third kappa shape index (κ3) is 2.80. The molecule has 0 bridgehead atoms. The third-order valence-electron chi connectivity index (χ3n) is 3.43. The molecule has 1 rings (SSSR count). The first-order chi connectivity index (χ1) is 6.56. The molecule has 0 saturated heterocycles. The first kappa shape index (κ1) is 12.2. The summed E-state index contributed by atoms with van der Waals surface area (Å²) in [4.78, 5) is 0. The van der Waals surface area contributed by atoms with Crippen LogP contribution in [0.2, 0.25) is 0 Å². The van der Waals surface area contributed by atoms with Crippen LogP contribution in [0.15, 0.2) is 0 Å². The van der Waals surface area contributed by atoms with Gasteiger partial charge in [-0.05, 0) is 32.2 Å². The SMILES string of the molecule is CNC1CCC(S(=O)C(C)C(C)C)C1. The molecule has 0 aliphatic heterocycles. The average Bonchev–Trinajstić information content (AvgIpc) is 2.63. The first-order valence-corrected chi connectivity index (χ1v) is 6.90. The van der Waals surface area contributed by atoms with E-state index in [1.165, 1.54) is 6.42 Å². The fourth-order valence-electron chi connectivity index (χ4n) is 1.99. The van der Waals surface area contributed by atoms with Crippen LogP contribution >= 0.6 is 0 Å². The van der Waals surface area contributed by atoms with Gasteiger partial charge in [0.15, 0.2) is 0 Å². The van der Waals surface area contributed by atoms with E-state index < -0.39 is 10.8 Å². The molecule has 4 atom stereocenters. The van der Waals surface area contributed by atoms with Crippen molar-refractivity contribution in [1.29, 1.82) is 0 Å². The molecule has 0 aromatic rings. The van der Waals surface area contributed by atoms with Crippen LogP contribution in [0.5, 0.6) is 0 Å². The maximum Gasteiger partial charge on any atom is 0.0366 e. The van der Waals surface area contributed by atoms with Gasteiger partial charge in [-0.2, -0.15) is 0 Å². The lowest BCUT2D eigenvalue weighted by Crippen LogP contribution is -2.28. The lowest BCUT2D eigenvalue weighted by molar-refractivity contribution is 0.574. The van der Waals surface area contributed by atoms with Crippen LogP contribution in [0.3, 0.4) is 0 Å². The summed E-state index contributed by atoms with van der Waals surface area (Å²) in [6.07, 6.45) is 3.42. The fraction of sp³-hybridized carbons (Fsp3) is 1.00. The molecular formula is C11H23NOS. The molecule has 1 N–H and O–H groups in total. The second kappa shape index (κ2) is 5.26. The zero-order chi connectivity index (χ0) is 10.7. The van der Waals surface area contributed by atoms with Crippen molar-refractivity contribution in [2.45, 2.75) is 56.6 Å². The molecular weight excluding hydrogens is 194 g/mol. The minimum absolute atomic E-state index is 0.343. The molecule has 2 nitrogen and oxygen atoms in total. The van der Waals surface area contributed by atoms with Gasteiger partial charge < -0.3 is 5.32 Å². The Hall–Kier alpha value is 0.110. The second-order valence-electron chi connectivity index (χ2n) is 4.70. The quantitative estimate of drug-likeness (QED) is 0.779. The smallest absolute Gasteiger partial charge is 0.0366 e. The molecule has 0 amide bonds. The van der Waals surface area contributed by atoms with E-state index in [0.717, 1.165) is 12.8 Å². The molecule has 0 heterocycles. The molecule has 3 heteroatoms. The molecule has 0 aromatic heterocycles. The van der Waals surface area contributed by atoms with Gasteiger partial charge in [-0.15, -0.1) is 0 Å². The number of hydrogen-bond acceptors (Lipinski definition) is 2. The van der Waals surface area contributed by atoms with Gasteiger partial charge in [0.05, 0.1) is 0 Å². The minimum atomic E-state index is -0.633. The molecule has 1 aliphatic rings. The largest absolute Gasteiger partial charge is 0.317 e. The summed E-state index contributed by atoms with van der Waals surface area (Å²) in [7, 11) is 1.37. The van der Waals surface area contributed by atoms with Gasteiger partial charge in [-0.25, -0.2) is 0 Å². The van der Waals surface area contributed by atoms with Crippen molar-refractivity contribution in [2.75, 3.05) is 7.05 Å². The summed E-state index contributed by atoms with van der Waals surface area (Å²) >= 11 is 0. The van der Waals surface area contributed by atoms with E-state index in [0.29, 0.717) is 22.5 Å². The van der Waals surface area contributed by atoms with Gasteiger partial charge in [-0.3, -0.25) is 4.21 Å². The van der Waals surface area contributed by atoms with Gasteiger partial charge in [0, 0.05) is 27.3 Å². The predicted octanol–water partition coefficient (Wildman–Crippen LogP) is 1.92. The highest BCUT2D eigenvalue weighted by molar-refractivity contribution is 7.86. The normalized spacial score (nSPS) is 32.1. The third-order valence-corrected chi connectivity index (χ3v) is 5.79. The highest BCUT2D eigenvalue weighted by atomic mass is 32.2. The predicted molar refractivity (Wildman–Crippen MR) is 62.9 cm³/mol. The minimum Gasteiger partial charge on any atom is -0.317 e. The van der Waals surface area contributed by atoms with E-state index in [-0.39, 0.29) is 0 Å². The maximum absolute atomic E-state index is 12.1. The number of rotatable bonds is 4. The lowest BCUT2D eigenvalue weighted by Gasteiger charge is -2.19. The summed E-state index contributed by atoms with van der Waals surface area (Å²) in [6.45, 7) is 6.44. The Kier molecular flexibility index (Phi) is 4.58. The average molecular weight is 217 g/mol. The highest BCUT2D eigenvalue weighted by Gasteiger charge is 2.31. The Morgan fingerprint density at radius 3 is 2.36 bits per heavy atom. The van der Waals surface area contributed by atoms with Gasteiger partial charge in [0.1, 0.15) is 0 Å². The lowest BCUT2D eigenvalue weighted by atomic mass is 10.2. The Bertz CT molecular complexity index is 205. The summed E-state index contributed by atoms with van der Waals surface area (Å²) in [5.41, 5.74) is 0.